The molecule has 0 aliphatic carbocycles. The number of aromatic nitrogens is 1. The van der Waals surface area contributed by atoms with E-state index in [0.717, 1.165) is 33.9 Å². The lowest BCUT2D eigenvalue weighted by atomic mass is 10.1. The predicted octanol–water partition coefficient (Wildman–Crippen LogP) is 5.18. The molecule has 144 valence electrons. The van der Waals surface area contributed by atoms with Crippen LogP contribution >= 0.6 is 0 Å². The van der Waals surface area contributed by atoms with Gasteiger partial charge in [-0.25, -0.2) is 10.2 Å². The van der Waals surface area contributed by atoms with E-state index in [1.807, 2.05) is 31.2 Å². The molecule has 5 nitrogen and oxygen atoms in total. The molecule has 3 aromatic rings. The first-order valence-corrected chi connectivity index (χ1v) is 9.29. The Kier molecular flexibility index (Phi) is 5.64. The third-order valence-electron chi connectivity index (χ3n) is 4.98. The average molecular weight is 374 g/mol. The predicted molar refractivity (Wildman–Crippen MR) is 116 cm³/mol. The molecule has 28 heavy (non-hydrogen) atoms. The Morgan fingerprint density at radius 1 is 0.929 bits per heavy atom. The molecule has 0 atom stereocenters. The number of hydrogen-bond donors (Lipinski definition) is 2. The van der Waals surface area contributed by atoms with Gasteiger partial charge in [0.25, 0.3) is 0 Å². The van der Waals surface area contributed by atoms with Gasteiger partial charge in [-0.05, 0) is 75.6 Å². The second-order valence-corrected chi connectivity index (χ2v) is 7.07. The number of hydrogen-bond acceptors (Lipinski definition) is 2. The largest absolute Gasteiger partial charge is 0.339 e. The first kappa shape index (κ1) is 19.4. The summed E-state index contributed by atoms with van der Waals surface area (Å²) in [7, 11) is 0. The number of urea groups is 1. The fourth-order valence-corrected chi connectivity index (χ4v) is 3.20. The maximum atomic E-state index is 12.1. The number of aryl methyl sites for hydroxylation is 4. The van der Waals surface area contributed by atoms with E-state index in [1.54, 1.807) is 6.21 Å². The van der Waals surface area contributed by atoms with Crippen molar-refractivity contribution in [2.24, 2.45) is 5.10 Å². The van der Waals surface area contributed by atoms with Crippen molar-refractivity contribution in [3.63, 3.8) is 0 Å². The van der Waals surface area contributed by atoms with Gasteiger partial charge in [-0.1, -0.05) is 24.3 Å². The first-order chi connectivity index (χ1) is 13.4. The van der Waals surface area contributed by atoms with Crippen LogP contribution in [0.5, 0.6) is 0 Å². The lowest BCUT2D eigenvalue weighted by Gasteiger charge is -2.11. The number of para-hydroxylation sites is 1. The Morgan fingerprint density at radius 2 is 1.68 bits per heavy atom. The molecular formula is C23H26N4O. The maximum absolute atomic E-state index is 12.1. The van der Waals surface area contributed by atoms with Crippen molar-refractivity contribution < 1.29 is 4.79 Å². The van der Waals surface area contributed by atoms with Crippen LogP contribution < -0.4 is 10.7 Å². The molecule has 0 saturated heterocycles. The highest BCUT2D eigenvalue weighted by atomic mass is 16.2. The molecule has 0 bridgehead atoms. The minimum atomic E-state index is -0.367. The maximum Gasteiger partial charge on any atom is 0.339 e. The second kappa shape index (κ2) is 8.13. The van der Waals surface area contributed by atoms with Gasteiger partial charge in [0.15, 0.2) is 0 Å². The van der Waals surface area contributed by atoms with Crippen LogP contribution in [0.1, 0.15) is 33.6 Å². The number of amides is 2. The van der Waals surface area contributed by atoms with Gasteiger partial charge in [0.05, 0.1) is 6.21 Å². The molecule has 0 aliphatic heterocycles. The van der Waals surface area contributed by atoms with E-state index >= 15 is 0 Å². The number of carbonyl (C=O) groups excluding carboxylic acids is 1. The molecule has 3 rings (SSSR count). The van der Waals surface area contributed by atoms with Crippen molar-refractivity contribution in [3.05, 3.63) is 82.2 Å². The molecule has 0 radical (unpaired) electrons. The SMILES string of the molecule is Cc1ccc(-n2c(C)cc(C=NNC(=O)Nc3ccccc3C)c2C)cc1C. The van der Waals surface area contributed by atoms with E-state index in [4.69, 9.17) is 0 Å². The minimum Gasteiger partial charge on any atom is -0.318 e. The monoisotopic (exact) mass is 374 g/mol. The van der Waals surface area contributed by atoms with Crippen molar-refractivity contribution >= 4 is 17.9 Å². The lowest BCUT2D eigenvalue weighted by Crippen LogP contribution is -2.24. The van der Waals surface area contributed by atoms with Gasteiger partial charge < -0.3 is 9.88 Å². The summed E-state index contributed by atoms with van der Waals surface area (Å²) in [6.45, 7) is 10.3. The topological polar surface area (TPSA) is 58.4 Å². The summed E-state index contributed by atoms with van der Waals surface area (Å²) >= 11 is 0. The zero-order valence-electron chi connectivity index (χ0n) is 17.0. The van der Waals surface area contributed by atoms with Crippen LogP contribution in [0.3, 0.4) is 0 Å². The molecule has 2 N–H and O–H groups in total. The van der Waals surface area contributed by atoms with Gasteiger partial charge in [0, 0.05) is 28.3 Å². The first-order valence-electron chi connectivity index (χ1n) is 9.29. The quantitative estimate of drug-likeness (QED) is 0.480. The van der Waals surface area contributed by atoms with Crippen LogP contribution in [-0.4, -0.2) is 16.8 Å². The van der Waals surface area contributed by atoms with E-state index in [0.29, 0.717) is 0 Å². The molecule has 0 unspecified atom stereocenters. The highest BCUT2D eigenvalue weighted by Gasteiger charge is 2.10. The zero-order chi connectivity index (χ0) is 20.3. The van der Waals surface area contributed by atoms with Crippen LogP contribution in [-0.2, 0) is 0 Å². The third-order valence-corrected chi connectivity index (χ3v) is 4.98. The highest BCUT2D eigenvalue weighted by molar-refractivity contribution is 5.91. The van der Waals surface area contributed by atoms with E-state index in [1.165, 1.54) is 11.1 Å². The number of hydrazone groups is 1. The summed E-state index contributed by atoms with van der Waals surface area (Å²) in [6.07, 6.45) is 1.68. The van der Waals surface area contributed by atoms with Gasteiger partial charge in [0.1, 0.15) is 0 Å². The molecule has 0 aliphatic rings. The van der Waals surface area contributed by atoms with Gasteiger partial charge >= 0.3 is 6.03 Å². The molecule has 2 aromatic carbocycles. The number of nitrogens with one attached hydrogen (secondary N) is 2. The summed E-state index contributed by atoms with van der Waals surface area (Å²) in [5, 5.41) is 6.90. The van der Waals surface area contributed by atoms with Gasteiger partial charge in [-0.3, -0.25) is 0 Å². The highest BCUT2D eigenvalue weighted by Crippen LogP contribution is 2.21. The summed E-state index contributed by atoms with van der Waals surface area (Å²) in [5.74, 6) is 0. The minimum absolute atomic E-state index is 0.367. The van der Waals surface area contributed by atoms with Crippen LogP contribution in [0.2, 0.25) is 0 Å². The third kappa shape index (κ3) is 4.14. The lowest BCUT2D eigenvalue weighted by molar-refractivity contribution is 0.252. The molecule has 0 fully saturated rings. The molecule has 2 amide bonds. The van der Waals surface area contributed by atoms with Gasteiger partial charge in [-0.2, -0.15) is 5.10 Å². The normalized spacial score (nSPS) is 11.0. The smallest absolute Gasteiger partial charge is 0.318 e. The molecule has 1 aromatic heterocycles. The number of rotatable bonds is 4. The summed E-state index contributed by atoms with van der Waals surface area (Å²) in [6, 6.07) is 15.8. The second-order valence-electron chi connectivity index (χ2n) is 7.07. The molecular weight excluding hydrogens is 348 g/mol. The van der Waals surface area contributed by atoms with Crippen molar-refractivity contribution in [2.45, 2.75) is 34.6 Å². The van der Waals surface area contributed by atoms with Crippen LogP contribution in [0.25, 0.3) is 5.69 Å². The average Bonchev–Trinajstić information content (AvgIpc) is 2.93. The van der Waals surface area contributed by atoms with Crippen LogP contribution in [0, 0.1) is 34.6 Å². The van der Waals surface area contributed by atoms with Crippen molar-refractivity contribution in [3.8, 4) is 5.69 Å². The summed E-state index contributed by atoms with van der Waals surface area (Å²) in [4.78, 5) is 12.1. The van der Waals surface area contributed by atoms with E-state index in [9.17, 15) is 4.79 Å². The fourth-order valence-electron chi connectivity index (χ4n) is 3.20. The Balaban J connectivity index is 1.73. The standard InChI is InChI=1S/C23H26N4O/c1-15-10-11-21(12-17(15)3)27-18(4)13-20(19(27)5)14-24-26-23(28)25-22-9-7-6-8-16(22)2/h6-14H,1-5H3,(H2,25,26,28). The van der Waals surface area contributed by atoms with E-state index < -0.39 is 0 Å². The number of benzene rings is 2. The summed E-state index contributed by atoms with van der Waals surface area (Å²) < 4.78 is 2.20. The summed E-state index contributed by atoms with van der Waals surface area (Å²) in [5.41, 5.74) is 11.1. The molecule has 1 heterocycles. The van der Waals surface area contributed by atoms with Gasteiger partial charge in [-0.15, -0.1) is 0 Å². The van der Waals surface area contributed by atoms with E-state index in [2.05, 4.69) is 72.4 Å². The number of carbonyl (C=O) groups is 1. The Hall–Kier alpha value is -3.34. The van der Waals surface area contributed by atoms with Crippen molar-refractivity contribution in [2.75, 3.05) is 5.32 Å². The number of anilines is 1. The van der Waals surface area contributed by atoms with Crippen LogP contribution in [0.4, 0.5) is 10.5 Å². The Bertz CT molecular complexity index is 1050. The van der Waals surface area contributed by atoms with Crippen molar-refractivity contribution in [1.29, 1.82) is 0 Å². The Labute approximate surface area is 166 Å². The van der Waals surface area contributed by atoms with Crippen LogP contribution in [0.15, 0.2) is 53.6 Å². The fraction of sp³-hybridized carbons (Fsp3) is 0.217. The molecule has 0 saturated carbocycles. The number of nitrogens with zero attached hydrogens (tertiary/aromatic N) is 2. The van der Waals surface area contributed by atoms with Crippen molar-refractivity contribution in [1.82, 2.24) is 9.99 Å². The molecule has 0 spiro atoms. The molecule has 5 heteroatoms. The Morgan fingerprint density at radius 3 is 2.39 bits per heavy atom. The van der Waals surface area contributed by atoms with E-state index in [-0.39, 0.29) is 6.03 Å². The zero-order valence-corrected chi connectivity index (χ0v) is 17.0. The van der Waals surface area contributed by atoms with Gasteiger partial charge in [0.2, 0.25) is 0 Å².